The van der Waals surface area contributed by atoms with E-state index in [1.165, 1.54) is 5.56 Å². The van der Waals surface area contributed by atoms with E-state index in [2.05, 4.69) is 47.4 Å². The van der Waals surface area contributed by atoms with Gasteiger partial charge >= 0.3 is 0 Å². The molecule has 2 aromatic carbocycles. The van der Waals surface area contributed by atoms with Crippen LogP contribution in [0.15, 0.2) is 60.7 Å². The fourth-order valence-electron chi connectivity index (χ4n) is 3.63. The molecule has 1 aliphatic rings. The maximum atomic E-state index is 12.8. The summed E-state index contributed by atoms with van der Waals surface area (Å²) >= 11 is 0. The Kier molecular flexibility index (Phi) is 5.15. The van der Waals surface area contributed by atoms with E-state index >= 15 is 0 Å². The van der Waals surface area contributed by atoms with Gasteiger partial charge in [0, 0.05) is 32.7 Å². The maximum Gasteiger partial charge on any atom is 0.227 e. The van der Waals surface area contributed by atoms with E-state index in [-0.39, 0.29) is 5.91 Å². The van der Waals surface area contributed by atoms with Crippen molar-refractivity contribution in [3.63, 3.8) is 0 Å². The molecule has 0 radical (unpaired) electrons. The van der Waals surface area contributed by atoms with Gasteiger partial charge in [-0.1, -0.05) is 42.5 Å². The molecule has 0 fully saturated rings. The molecule has 5 heteroatoms. The fourth-order valence-corrected chi connectivity index (χ4v) is 3.63. The van der Waals surface area contributed by atoms with Crippen LogP contribution >= 0.6 is 0 Å². The SMILES string of the molecule is CN(C)c1ccc(CC(=O)N2CCn3nc(Cc4ccccc4)cc3C2)cc1. The predicted molar refractivity (Wildman–Crippen MR) is 111 cm³/mol. The van der Waals surface area contributed by atoms with Gasteiger partial charge in [0.25, 0.3) is 0 Å². The normalized spacial score (nSPS) is 13.3. The molecule has 2 heterocycles. The van der Waals surface area contributed by atoms with Crippen molar-refractivity contribution >= 4 is 11.6 Å². The first-order valence-electron chi connectivity index (χ1n) is 9.72. The number of carbonyl (C=O) groups is 1. The summed E-state index contributed by atoms with van der Waals surface area (Å²) in [5.41, 5.74) is 5.64. The largest absolute Gasteiger partial charge is 0.378 e. The first-order valence-corrected chi connectivity index (χ1v) is 9.72. The summed E-state index contributed by atoms with van der Waals surface area (Å²) in [7, 11) is 4.03. The Hall–Kier alpha value is -3.08. The summed E-state index contributed by atoms with van der Waals surface area (Å²) < 4.78 is 2.05. The number of nitrogens with zero attached hydrogens (tertiary/aromatic N) is 4. The molecule has 0 saturated heterocycles. The van der Waals surface area contributed by atoms with Gasteiger partial charge in [-0.15, -0.1) is 0 Å². The molecule has 28 heavy (non-hydrogen) atoms. The smallest absolute Gasteiger partial charge is 0.227 e. The Bertz CT molecular complexity index is 944. The average molecular weight is 374 g/mol. The lowest BCUT2D eigenvalue weighted by atomic mass is 10.1. The van der Waals surface area contributed by atoms with Crippen LogP contribution in [0, 0.1) is 0 Å². The number of rotatable bonds is 5. The number of hydrogen-bond donors (Lipinski definition) is 0. The molecular weight excluding hydrogens is 348 g/mol. The van der Waals surface area contributed by atoms with E-state index in [4.69, 9.17) is 5.10 Å². The molecule has 0 spiro atoms. The monoisotopic (exact) mass is 374 g/mol. The summed E-state index contributed by atoms with van der Waals surface area (Å²) in [6.45, 7) is 2.11. The van der Waals surface area contributed by atoms with Crippen molar-refractivity contribution in [1.82, 2.24) is 14.7 Å². The van der Waals surface area contributed by atoms with Gasteiger partial charge in [0.1, 0.15) is 0 Å². The van der Waals surface area contributed by atoms with Gasteiger partial charge in [0.2, 0.25) is 5.91 Å². The van der Waals surface area contributed by atoms with Gasteiger partial charge in [-0.2, -0.15) is 5.10 Å². The zero-order chi connectivity index (χ0) is 19.5. The highest BCUT2D eigenvalue weighted by atomic mass is 16.2. The number of carbonyl (C=O) groups excluding carboxylic acids is 1. The third-order valence-corrected chi connectivity index (χ3v) is 5.24. The Morgan fingerprint density at radius 1 is 1.00 bits per heavy atom. The van der Waals surface area contributed by atoms with Crippen molar-refractivity contribution in [1.29, 1.82) is 0 Å². The van der Waals surface area contributed by atoms with Crippen molar-refractivity contribution in [2.45, 2.75) is 25.9 Å². The minimum Gasteiger partial charge on any atom is -0.378 e. The molecular formula is C23H26N4O. The van der Waals surface area contributed by atoms with E-state index in [1.54, 1.807) is 0 Å². The van der Waals surface area contributed by atoms with E-state index in [0.717, 1.165) is 35.6 Å². The summed E-state index contributed by atoms with van der Waals surface area (Å²) in [5, 5.41) is 4.72. The third kappa shape index (κ3) is 4.09. The average Bonchev–Trinajstić information content (AvgIpc) is 3.10. The van der Waals surface area contributed by atoms with E-state index < -0.39 is 0 Å². The molecule has 5 nitrogen and oxygen atoms in total. The highest BCUT2D eigenvalue weighted by molar-refractivity contribution is 5.79. The van der Waals surface area contributed by atoms with Gasteiger partial charge in [-0.05, 0) is 29.3 Å². The molecule has 0 atom stereocenters. The van der Waals surface area contributed by atoms with Crippen molar-refractivity contribution < 1.29 is 4.79 Å². The zero-order valence-electron chi connectivity index (χ0n) is 16.5. The topological polar surface area (TPSA) is 41.4 Å². The lowest BCUT2D eigenvalue weighted by Crippen LogP contribution is -2.39. The minimum absolute atomic E-state index is 0.176. The summed E-state index contributed by atoms with van der Waals surface area (Å²) in [6, 6.07) is 20.7. The van der Waals surface area contributed by atoms with Crippen LogP contribution < -0.4 is 4.90 Å². The van der Waals surface area contributed by atoms with Gasteiger partial charge in [0.05, 0.1) is 30.9 Å². The van der Waals surface area contributed by atoms with E-state index in [1.807, 2.05) is 41.9 Å². The summed E-state index contributed by atoms with van der Waals surface area (Å²) in [6.07, 6.45) is 1.27. The Morgan fingerprint density at radius 2 is 1.75 bits per heavy atom. The van der Waals surface area contributed by atoms with E-state index in [9.17, 15) is 4.79 Å². The molecule has 0 unspecified atom stereocenters. The first-order chi connectivity index (χ1) is 13.6. The first kappa shape index (κ1) is 18.3. The van der Waals surface area contributed by atoms with Crippen LogP contribution in [0.3, 0.4) is 0 Å². The summed E-state index contributed by atoms with van der Waals surface area (Å²) in [4.78, 5) is 16.8. The van der Waals surface area contributed by atoms with Crippen LogP contribution in [0.5, 0.6) is 0 Å². The second kappa shape index (κ2) is 7.89. The lowest BCUT2D eigenvalue weighted by Gasteiger charge is -2.27. The van der Waals surface area contributed by atoms with Gasteiger partial charge in [-0.3, -0.25) is 9.48 Å². The number of hydrogen-bond acceptors (Lipinski definition) is 3. The fraction of sp³-hybridized carbons (Fsp3) is 0.304. The predicted octanol–water partition coefficient (Wildman–Crippen LogP) is 3.12. The number of aromatic nitrogens is 2. The molecule has 1 aliphatic heterocycles. The van der Waals surface area contributed by atoms with Crippen LogP contribution in [-0.2, 0) is 30.7 Å². The second-order valence-corrected chi connectivity index (χ2v) is 7.57. The maximum absolute atomic E-state index is 12.8. The van der Waals surface area contributed by atoms with Crippen LogP contribution in [0.1, 0.15) is 22.5 Å². The number of amides is 1. The zero-order valence-corrected chi connectivity index (χ0v) is 16.5. The van der Waals surface area contributed by atoms with Crippen LogP contribution in [0.4, 0.5) is 5.69 Å². The number of benzene rings is 2. The molecule has 0 saturated carbocycles. The van der Waals surface area contributed by atoms with Gasteiger partial charge in [0.15, 0.2) is 0 Å². The van der Waals surface area contributed by atoms with Crippen LogP contribution in [0.25, 0.3) is 0 Å². The van der Waals surface area contributed by atoms with E-state index in [0.29, 0.717) is 19.5 Å². The van der Waals surface area contributed by atoms with Crippen LogP contribution in [-0.4, -0.2) is 41.2 Å². The van der Waals surface area contributed by atoms with Crippen molar-refractivity contribution in [2.75, 3.05) is 25.5 Å². The molecule has 0 aliphatic carbocycles. The van der Waals surface area contributed by atoms with Crippen molar-refractivity contribution in [3.05, 3.63) is 83.2 Å². The van der Waals surface area contributed by atoms with Crippen LogP contribution in [0.2, 0.25) is 0 Å². The standard InChI is InChI=1S/C23H26N4O/c1-25(2)21-10-8-19(9-11-21)15-23(28)26-12-13-27-22(17-26)16-20(24-27)14-18-6-4-3-5-7-18/h3-11,16H,12-15,17H2,1-2H3. The Labute approximate surface area is 166 Å². The van der Waals surface area contributed by atoms with Gasteiger partial charge in [-0.25, -0.2) is 0 Å². The third-order valence-electron chi connectivity index (χ3n) is 5.24. The Balaban J connectivity index is 1.40. The second-order valence-electron chi connectivity index (χ2n) is 7.57. The quantitative estimate of drug-likeness (QED) is 0.689. The number of fused-ring (bicyclic) bond motifs is 1. The minimum atomic E-state index is 0.176. The van der Waals surface area contributed by atoms with Gasteiger partial charge < -0.3 is 9.80 Å². The number of anilines is 1. The lowest BCUT2D eigenvalue weighted by molar-refractivity contribution is -0.132. The molecule has 0 bridgehead atoms. The molecule has 4 rings (SSSR count). The molecule has 144 valence electrons. The molecule has 0 N–H and O–H groups in total. The van der Waals surface area contributed by atoms with Crippen molar-refractivity contribution in [2.24, 2.45) is 0 Å². The summed E-state index contributed by atoms with van der Waals surface area (Å²) in [5.74, 6) is 0.176. The highest BCUT2D eigenvalue weighted by Gasteiger charge is 2.22. The molecule has 1 aromatic heterocycles. The highest BCUT2D eigenvalue weighted by Crippen LogP contribution is 2.18. The van der Waals surface area contributed by atoms with Crippen molar-refractivity contribution in [3.8, 4) is 0 Å². The molecule has 3 aromatic rings. The molecule has 1 amide bonds. The Morgan fingerprint density at radius 3 is 2.46 bits per heavy atom.